The summed E-state index contributed by atoms with van der Waals surface area (Å²) >= 11 is 5.71. The number of aromatic nitrogens is 3. The van der Waals surface area contributed by atoms with Gasteiger partial charge < -0.3 is 14.4 Å². The fraction of sp³-hybridized carbons (Fsp3) is 0.417. The second-order valence-electron chi connectivity index (χ2n) is 8.45. The highest BCUT2D eigenvalue weighted by atomic mass is 32.1. The molecule has 3 aromatic rings. The van der Waals surface area contributed by atoms with Gasteiger partial charge in [0.2, 0.25) is 4.77 Å². The second-order valence-corrected chi connectivity index (χ2v) is 8.81. The van der Waals surface area contributed by atoms with E-state index in [4.69, 9.17) is 17.3 Å². The van der Waals surface area contributed by atoms with Crippen molar-refractivity contribution in [3.05, 3.63) is 64.4 Å². The minimum atomic E-state index is 0.743. The first kappa shape index (κ1) is 20.8. The largest absolute Gasteiger partial charge is 0.371 e. The van der Waals surface area contributed by atoms with Gasteiger partial charge in [-0.25, -0.2) is 0 Å². The molecule has 1 aliphatic rings. The van der Waals surface area contributed by atoms with Crippen molar-refractivity contribution in [1.29, 1.82) is 0 Å². The first-order valence-electron chi connectivity index (χ1n) is 10.9. The van der Waals surface area contributed by atoms with Crippen LogP contribution in [-0.4, -0.2) is 34.5 Å². The Morgan fingerprint density at radius 3 is 2.47 bits per heavy atom. The van der Waals surface area contributed by atoms with Crippen LogP contribution in [0.25, 0.3) is 11.4 Å². The molecule has 0 bridgehead atoms. The highest BCUT2D eigenvalue weighted by Gasteiger charge is 2.18. The molecule has 158 valence electrons. The predicted molar refractivity (Wildman–Crippen MR) is 125 cm³/mol. The topological polar surface area (TPSA) is 30.4 Å². The van der Waals surface area contributed by atoms with E-state index in [0.717, 1.165) is 29.4 Å². The van der Waals surface area contributed by atoms with Gasteiger partial charge in [-0.15, -0.1) is 5.10 Å². The van der Waals surface area contributed by atoms with E-state index in [1.54, 1.807) is 0 Å². The average Bonchev–Trinajstić information content (AvgIpc) is 3.03. The predicted octanol–water partition coefficient (Wildman–Crippen LogP) is 3.59. The first-order valence-corrected chi connectivity index (χ1v) is 11.3. The van der Waals surface area contributed by atoms with Crippen LogP contribution in [0.1, 0.15) is 30.4 Å². The minimum Gasteiger partial charge on any atom is -0.371 e. The number of para-hydroxylation sites is 1. The van der Waals surface area contributed by atoms with Crippen LogP contribution in [0.3, 0.4) is 0 Å². The van der Waals surface area contributed by atoms with E-state index >= 15 is 0 Å². The third kappa shape index (κ3) is 4.35. The number of benzene rings is 2. The molecule has 1 aliphatic heterocycles. The lowest BCUT2D eigenvalue weighted by Crippen LogP contribution is -3.07. The Kier molecular flexibility index (Phi) is 6.35. The van der Waals surface area contributed by atoms with Gasteiger partial charge in [0, 0.05) is 37.0 Å². The first-order chi connectivity index (χ1) is 14.5. The van der Waals surface area contributed by atoms with Gasteiger partial charge in [0.05, 0.1) is 7.05 Å². The third-order valence-electron chi connectivity index (χ3n) is 6.03. The lowest BCUT2D eigenvalue weighted by atomic mass is 10.1. The zero-order chi connectivity index (χ0) is 21.1. The van der Waals surface area contributed by atoms with Crippen molar-refractivity contribution < 1.29 is 4.90 Å². The van der Waals surface area contributed by atoms with Crippen molar-refractivity contribution in [3.8, 4) is 11.4 Å². The fourth-order valence-corrected chi connectivity index (χ4v) is 4.58. The molecule has 1 aromatic heterocycles. The van der Waals surface area contributed by atoms with Crippen LogP contribution in [0.5, 0.6) is 0 Å². The Labute approximate surface area is 184 Å². The van der Waals surface area contributed by atoms with E-state index in [0.29, 0.717) is 0 Å². The van der Waals surface area contributed by atoms with Crippen molar-refractivity contribution in [2.45, 2.75) is 39.4 Å². The Hall–Kier alpha value is -2.44. The smallest absolute Gasteiger partial charge is 0.202 e. The molecule has 0 amide bonds. The zero-order valence-electron chi connectivity index (χ0n) is 18.3. The van der Waals surface area contributed by atoms with Crippen LogP contribution >= 0.6 is 12.2 Å². The SMILES string of the molecule is Cc1ccccc1-c1nn(C[NH+](C)Cc2ccccc2N2CCCCC2)c(=S)n1C. The molecule has 0 aliphatic carbocycles. The van der Waals surface area contributed by atoms with Gasteiger partial charge in [-0.1, -0.05) is 42.5 Å². The monoisotopic (exact) mass is 422 g/mol. The molecule has 0 spiro atoms. The number of aryl methyl sites for hydroxylation is 1. The molecule has 4 rings (SSSR count). The van der Waals surface area contributed by atoms with Gasteiger partial charge in [0.25, 0.3) is 0 Å². The Morgan fingerprint density at radius 2 is 1.70 bits per heavy atom. The molecule has 1 fully saturated rings. The van der Waals surface area contributed by atoms with E-state index in [1.165, 1.54) is 54.1 Å². The molecular formula is C24H32N5S+. The summed E-state index contributed by atoms with van der Waals surface area (Å²) < 4.78 is 4.75. The van der Waals surface area contributed by atoms with Crippen LogP contribution in [-0.2, 0) is 20.3 Å². The zero-order valence-corrected chi connectivity index (χ0v) is 19.1. The molecule has 2 heterocycles. The molecule has 5 nitrogen and oxygen atoms in total. The van der Waals surface area contributed by atoms with E-state index in [1.807, 2.05) is 16.3 Å². The molecule has 0 saturated carbocycles. The number of hydrogen-bond donors (Lipinski definition) is 1. The number of nitrogens with one attached hydrogen (secondary N) is 1. The third-order valence-corrected chi connectivity index (χ3v) is 6.51. The summed E-state index contributed by atoms with van der Waals surface area (Å²) in [6.45, 7) is 6.15. The molecule has 0 radical (unpaired) electrons. The highest BCUT2D eigenvalue weighted by Crippen LogP contribution is 2.24. The summed E-state index contributed by atoms with van der Waals surface area (Å²) in [5.41, 5.74) is 5.14. The normalized spacial score (nSPS) is 15.4. The van der Waals surface area contributed by atoms with Crippen molar-refractivity contribution in [2.24, 2.45) is 7.05 Å². The maximum atomic E-state index is 5.71. The van der Waals surface area contributed by atoms with Crippen LogP contribution in [0.4, 0.5) is 5.69 Å². The molecule has 1 N–H and O–H groups in total. The Balaban J connectivity index is 1.53. The van der Waals surface area contributed by atoms with Gasteiger partial charge in [-0.05, 0) is 50.0 Å². The van der Waals surface area contributed by atoms with Crippen LogP contribution in [0.2, 0.25) is 0 Å². The summed E-state index contributed by atoms with van der Waals surface area (Å²) in [4.78, 5) is 3.92. The average molecular weight is 423 g/mol. The number of quaternary nitrogens is 1. The van der Waals surface area contributed by atoms with Gasteiger partial charge in [-0.3, -0.25) is 0 Å². The van der Waals surface area contributed by atoms with Gasteiger partial charge in [0.15, 0.2) is 12.5 Å². The minimum absolute atomic E-state index is 0.743. The molecular weight excluding hydrogens is 390 g/mol. The number of rotatable bonds is 6. The summed E-state index contributed by atoms with van der Waals surface area (Å²) in [6.07, 6.45) is 3.94. The number of nitrogens with zero attached hydrogens (tertiary/aromatic N) is 4. The van der Waals surface area contributed by atoms with E-state index in [-0.39, 0.29) is 0 Å². The van der Waals surface area contributed by atoms with Gasteiger partial charge in [0.1, 0.15) is 6.54 Å². The Morgan fingerprint density at radius 1 is 1.00 bits per heavy atom. The Bertz CT molecular complexity index is 1060. The van der Waals surface area contributed by atoms with Crippen molar-refractivity contribution in [2.75, 3.05) is 25.0 Å². The fourth-order valence-electron chi connectivity index (χ4n) is 4.39. The lowest BCUT2D eigenvalue weighted by molar-refractivity contribution is -0.917. The summed E-state index contributed by atoms with van der Waals surface area (Å²) in [5.74, 6) is 0.930. The summed E-state index contributed by atoms with van der Waals surface area (Å²) in [6, 6.07) is 17.2. The van der Waals surface area contributed by atoms with E-state index < -0.39 is 0 Å². The maximum absolute atomic E-state index is 5.71. The number of piperidine rings is 1. The highest BCUT2D eigenvalue weighted by molar-refractivity contribution is 7.71. The van der Waals surface area contributed by atoms with E-state index in [9.17, 15) is 0 Å². The van der Waals surface area contributed by atoms with Crippen molar-refractivity contribution >= 4 is 17.9 Å². The quantitative estimate of drug-likeness (QED) is 0.616. The molecule has 1 atom stereocenters. The molecule has 1 unspecified atom stereocenters. The number of anilines is 1. The number of hydrogen-bond acceptors (Lipinski definition) is 3. The molecule has 30 heavy (non-hydrogen) atoms. The van der Waals surface area contributed by atoms with Gasteiger partial charge in [-0.2, -0.15) is 4.68 Å². The van der Waals surface area contributed by atoms with Crippen molar-refractivity contribution in [3.63, 3.8) is 0 Å². The van der Waals surface area contributed by atoms with Gasteiger partial charge >= 0.3 is 0 Å². The van der Waals surface area contributed by atoms with Crippen molar-refractivity contribution in [1.82, 2.24) is 14.3 Å². The maximum Gasteiger partial charge on any atom is 0.202 e. The summed E-state index contributed by atoms with van der Waals surface area (Å²) in [5, 5.41) is 4.88. The van der Waals surface area contributed by atoms with Crippen LogP contribution < -0.4 is 9.80 Å². The summed E-state index contributed by atoms with van der Waals surface area (Å²) in [7, 11) is 4.23. The van der Waals surface area contributed by atoms with E-state index in [2.05, 4.69) is 67.4 Å². The second kappa shape index (κ2) is 9.14. The molecule has 2 aromatic carbocycles. The van der Waals surface area contributed by atoms with Crippen LogP contribution in [0.15, 0.2) is 48.5 Å². The lowest BCUT2D eigenvalue weighted by Gasteiger charge is -2.31. The molecule has 1 saturated heterocycles. The van der Waals surface area contributed by atoms with Crippen LogP contribution in [0, 0.1) is 11.7 Å². The standard InChI is InChI=1S/C24H31N5S/c1-19-11-5-7-13-21(19)23-25-29(24(30)27(23)3)18-26(2)17-20-12-6-8-14-22(20)28-15-9-4-10-16-28/h5-8,11-14H,4,9-10,15-18H2,1-3H3/p+1. The molecule has 6 heteroatoms.